The molecule has 3 heterocycles. The number of nitrogens with zero attached hydrogens (tertiary/aromatic N) is 2. The first-order chi connectivity index (χ1) is 9.69. The van der Waals surface area contributed by atoms with Gasteiger partial charge in [-0.1, -0.05) is 0 Å². The van der Waals surface area contributed by atoms with Crippen molar-refractivity contribution in [1.82, 2.24) is 4.90 Å². The molecule has 2 aliphatic rings. The molecule has 0 bridgehead atoms. The van der Waals surface area contributed by atoms with Gasteiger partial charge in [-0.15, -0.1) is 35.3 Å². The minimum Gasteiger partial charge on any atom is -0.378 e. The van der Waals surface area contributed by atoms with E-state index in [1.807, 2.05) is 0 Å². The lowest BCUT2D eigenvalue weighted by Crippen LogP contribution is -2.45. The van der Waals surface area contributed by atoms with Crippen LogP contribution in [0.4, 0.5) is 0 Å². The minimum atomic E-state index is -0.343. The molecule has 1 aromatic heterocycles. The summed E-state index contributed by atoms with van der Waals surface area (Å²) in [5.74, 6) is 0.598. The highest BCUT2D eigenvalue weighted by molar-refractivity contribution is 14.0. The molecule has 1 fully saturated rings. The number of aliphatic imine (C=N–C) groups is 1. The molecule has 3 rings (SSSR count). The van der Waals surface area contributed by atoms with E-state index in [4.69, 9.17) is 15.2 Å². The first-order valence-electron chi connectivity index (χ1n) is 7.02. The van der Waals surface area contributed by atoms with Crippen LogP contribution in [0.1, 0.15) is 17.4 Å². The normalized spacial score (nSPS) is 26.1. The van der Waals surface area contributed by atoms with E-state index in [2.05, 4.69) is 28.3 Å². The molecule has 1 aromatic rings. The van der Waals surface area contributed by atoms with Crippen LogP contribution in [0.2, 0.25) is 0 Å². The number of hydrogen-bond donors (Lipinski definition) is 1. The second-order valence-electron chi connectivity index (χ2n) is 5.36. The zero-order valence-corrected chi connectivity index (χ0v) is 15.4. The molecule has 118 valence electrons. The Bertz CT molecular complexity index is 502. The average Bonchev–Trinajstić information content (AvgIpc) is 2.96. The summed E-state index contributed by atoms with van der Waals surface area (Å²) >= 11 is 1.80. The Labute approximate surface area is 146 Å². The maximum Gasteiger partial charge on any atom is 0.191 e. The third-order valence-corrected chi connectivity index (χ3v) is 4.92. The Balaban J connectivity index is 0.00000161. The Kier molecular flexibility index (Phi) is 5.87. The largest absolute Gasteiger partial charge is 0.378 e. The van der Waals surface area contributed by atoms with E-state index in [1.165, 1.54) is 10.4 Å². The van der Waals surface area contributed by atoms with Crippen LogP contribution in [-0.2, 0) is 21.5 Å². The molecule has 5 nitrogen and oxygen atoms in total. The standard InChI is InChI=1S/C14H21N3O2S.HI/c1-14(11-3-9-20-12(11)2-6-19-14)10-16-13(15)17-4-7-18-8-5-17;/h3,9H,2,4-8,10H2,1H3,(H2,15,16);1H. The molecule has 21 heavy (non-hydrogen) atoms. The lowest BCUT2D eigenvalue weighted by atomic mass is 9.93. The minimum absolute atomic E-state index is 0. The molecule has 1 saturated heterocycles. The van der Waals surface area contributed by atoms with E-state index in [0.717, 1.165) is 39.3 Å². The number of fused-ring (bicyclic) bond motifs is 1. The lowest BCUT2D eigenvalue weighted by Gasteiger charge is -2.34. The van der Waals surface area contributed by atoms with Gasteiger partial charge in [0, 0.05) is 24.4 Å². The Morgan fingerprint density at radius 3 is 2.95 bits per heavy atom. The molecular weight excluding hydrogens is 401 g/mol. The lowest BCUT2D eigenvalue weighted by molar-refractivity contribution is -0.0377. The summed E-state index contributed by atoms with van der Waals surface area (Å²) in [5.41, 5.74) is 7.02. The molecule has 0 radical (unpaired) electrons. The van der Waals surface area contributed by atoms with Crippen molar-refractivity contribution in [2.45, 2.75) is 18.9 Å². The van der Waals surface area contributed by atoms with Crippen molar-refractivity contribution in [3.8, 4) is 0 Å². The molecular formula is C14H22IN3O2S. The Hall–Kier alpha value is -0.380. The van der Waals surface area contributed by atoms with Gasteiger partial charge in [0.1, 0.15) is 5.60 Å². The van der Waals surface area contributed by atoms with Crippen molar-refractivity contribution in [3.05, 3.63) is 21.9 Å². The van der Waals surface area contributed by atoms with Crippen LogP contribution in [-0.4, -0.2) is 50.3 Å². The number of rotatable bonds is 2. The van der Waals surface area contributed by atoms with Gasteiger partial charge in [0.2, 0.25) is 0 Å². The molecule has 0 spiro atoms. The number of ether oxygens (including phenoxy) is 2. The zero-order chi connectivity index (χ0) is 14.0. The van der Waals surface area contributed by atoms with Crippen molar-refractivity contribution >= 4 is 41.3 Å². The number of nitrogens with two attached hydrogens (primary N) is 1. The van der Waals surface area contributed by atoms with E-state index in [0.29, 0.717) is 12.5 Å². The molecule has 0 aliphatic carbocycles. The van der Waals surface area contributed by atoms with E-state index < -0.39 is 0 Å². The van der Waals surface area contributed by atoms with Crippen LogP contribution >= 0.6 is 35.3 Å². The molecule has 2 N–H and O–H groups in total. The summed E-state index contributed by atoms with van der Waals surface area (Å²) in [4.78, 5) is 8.06. The second-order valence-corrected chi connectivity index (χ2v) is 6.36. The fourth-order valence-electron chi connectivity index (χ4n) is 2.71. The van der Waals surface area contributed by atoms with E-state index >= 15 is 0 Å². The number of hydrogen-bond acceptors (Lipinski definition) is 4. The highest BCUT2D eigenvalue weighted by atomic mass is 127. The summed E-state index contributed by atoms with van der Waals surface area (Å²) in [7, 11) is 0. The predicted octanol–water partition coefficient (Wildman–Crippen LogP) is 1.80. The SMILES string of the molecule is CC1(CN=C(N)N2CCOCC2)OCCc2sccc21.I. The quantitative estimate of drug-likeness (QED) is 0.448. The van der Waals surface area contributed by atoms with E-state index in [-0.39, 0.29) is 29.6 Å². The van der Waals surface area contributed by atoms with Gasteiger partial charge in [-0.05, 0) is 23.9 Å². The first-order valence-corrected chi connectivity index (χ1v) is 7.90. The fraction of sp³-hybridized carbons (Fsp3) is 0.643. The van der Waals surface area contributed by atoms with Crippen LogP contribution in [0.5, 0.6) is 0 Å². The monoisotopic (exact) mass is 423 g/mol. The number of thiophene rings is 1. The summed E-state index contributed by atoms with van der Waals surface area (Å²) in [6, 6.07) is 2.15. The molecule has 0 aromatic carbocycles. The molecule has 0 amide bonds. The summed E-state index contributed by atoms with van der Waals surface area (Å²) in [6.45, 7) is 6.51. The smallest absolute Gasteiger partial charge is 0.191 e. The van der Waals surface area contributed by atoms with Crippen molar-refractivity contribution in [2.75, 3.05) is 39.5 Å². The van der Waals surface area contributed by atoms with Crippen LogP contribution in [0.3, 0.4) is 0 Å². The van der Waals surface area contributed by atoms with Crippen LogP contribution in [0, 0.1) is 0 Å². The van der Waals surface area contributed by atoms with Crippen molar-refractivity contribution in [1.29, 1.82) is 0 Å². The number of halogens is 1. The summed E-state index contributed by atoms with van der Waals surface area (Å²) < 4.78 is 11.3. The van der Waals surface area contributed by atoms with E-state index in [1.54, 1.807) is 11.3 Å². The van der Waals surface area contributed by atoms with Gasteiger partial charge in [-0.2, -0.15) is 0 Å². The van der Waals surface area contributed by atoms with Gasteiger partial charge in [0.05, 0.1) is 26.4 Å². The van der Waals surface area contributed by atoms with Gasteiger partial charge in [0.15, 0.2) is 5.96 Å². The van der Waals surface area contributed by atoms with Crippen LogP contribution in [0.25, 0.3) is 0 Å². The van der Waals surface area contributed by atoms with Crippen molar-refractivity contribution in [3.63, 3.8) is 0 Å². The van der Waals surface area contributed by atoms with E-state index in [9.17, 15) is 0 Å². The summed E-state index contributed by atoms with van der Waals surface area (Å²) in [5, 5.41) is 2.13. The molecule has 1 unspecified atom stereocenters. The first kappa shape index (κ1) is 17.0. The maximum atomic E-state index is 6.09. The third-order valence-electron chi connectivity index (χ3n) is 3.94. The van der Waals surface area contributed by atoms with Crippen LogP contribution < -0.4 is 5.73 Å². The Morgan fingerprint density at radius 1 is 1.43 bits per heavy atom. The van der Waals surface area contributed by atoms with Gasteiger partial charge in [0.25, 0.3) is 0 Å². The van der Waals surface area contributed by atoms with Crippen molar-refractivity contribution in [2.24, 2.45) is 10.7 Å². The number of morpholine rings is 1. The topological polar surface area (TPSA) is 60.1 Å². The molecule has 1 atom stereocenters. The number of guanidine groups is 1. The predicted molar refractivity (Wildman–Crippen MR) is 95.6 cm³/mol. The average molecular weight is 423 g/mol. The Morgan fingerprint density at radius 2 is 2.19 bits per heavy atom. The van der Waals surface area contributed by atoms with Crippen molar-refractivity contribution < 1.29 is 9.47 Å². The van der Waals surface area contributed by atoms with Gasteiger partial charge in [-0.25, -0.2) is 4.99 Å². The van der Waals surface area contributed by atoms with Gasteiger partial charge >= 0.3 is 0 Å². The highest BCUT2D eigenvalue weighted by Crippen LogP contribution is 2.36. The maximum absolute atomic E-state index is 6.09. The fourth-order valence-corrected chi connectivity index (χ4v) is 3.69. The second kappa shape index (κ2) is 7.26. The molecule has 0 saturated carbocycles. The zero-order valence-electron chi connectivity index (χ0n) is 12.2. The highest BCUT2D eigenvalue weighted by Gasteiger charge is 2.34. The van der Waals surface area contributed by atoms with Gasteiger partial charge < -0.3 is 20.1 Å². The van der Waals surface area contributed by atoms with Crippen LogP contribution in [0.15, 0.2) is 16.4 Å². The summed E-state index contributed by atoms with van der Waals surface area (Å²) in [6.07, 6.45) is 1.01. The molecule has 2 aliphatic heterocycles. The molecule has 7 heteroatoms. The third kappa shape index (κ3) is 3.69. The van der Waals surface area contributed by atoms with Gasteiger partial charge in [-0.3, -0.25) is 0 Å².